The summed E-state index contributed by atoms with van der Waals surface area (Å²) in [6.07, 6.45) is 9.71. The molecular weight excluding hydrogens is 641 g/mol. The molecule has 3 aromatic carbocycles. The maximum Gasteiger partial charge on any atom is 0.189 e. The van der Waals surface area contributed by atoms with E-state index in [2.05, 4.69) is 129 Å². The van der Waals surface area contributed by atoms with Crippen LogP contribution in [0.25, 0.3) is 12.2 Å². The first-order valence-electron chi connectivity index (χ1n) is 19.1. The Bertz CT molecular complexity index is 1710. The average molecular weight is 705 g/mol. The molecule has 0 saturated carbocycles. The molecule has 0 spiro atoms. The van der Waals surface area contributed by atoms with Gasteiger partial charge in [0.05, 0.1) is 6.10 Å². The van der Waals surface area contributed by atoms with E-state index in [9.17, 15) is 0 Å². The van der Waals surface area contributed by atoms with E-state index in [1.165, 1.54) is 50.1 Å². The van der Waals surface area contributed by atoms with Crippen molar-refractivity contribution in [2.75, 3.05) is 26.8 Å². The SMILES string of the molecule is C=Cc1ccc(CCC2=C(C)C(c3c(C)c(CCc4ccc(C=C)cc4)cc(C(C)(C)C)c3OCOCC)[C@@H](OCOCC)C(C(C)(C)C)=C2)cc1. The maximum atomic E-state index is 6.86. The number of aryl methyl sites for hydroxylation is 3. The van der Waals surface area contributed by atoms with Crippen LogP contribution in [0.2, 0.25) is 0 Å². The van der Waals surface area contributed by atoms with E-state index in [0.717, 1.165) is 42.6 Å². The second-order valence-electron chi connectivity index (χ2n) is 16.1. The van der Waals surface area contributed by atoms with Crippen LogP contribution in [0.15, 0.2) is 90.6 Å². The van der Waals surface area contributed by atoms with E-state index in [1.807, 2.05) is 26.0 Å². The van der Waals surface area contributed by atoms with E-state index < -0.39 is 0 Å². The van der Waals surface area contributed by atoms with Crippen molar-refractivity contribution in [2.45, 2.75) is 112 Å². The van der Waals surface area contributed by atoms with Gasteiger partial charge in [0.25, 0.3) is 0 Å². The lowest BCUT2D eigenvalue weighted by molar-refractivity contribution is -0.0840. The minimum absolute atomic E-state index is 0.0811. The van der Waals surface area contributed by atoms with Gasteiger partial charge in [-0.2, -0.15) is 0 Å². The van der Waals surface area contributed by atoms with Crippen LogP contribution in [0.1, 0.15) is 119 Å². The fourth-order valence-corrected chi connectivity index (χ4v) is 7.23. The van der Waals surface area contributed by atoms with Crippen molar-refractivity contribution in [1.82, 2.24) is 0 Å². The van der Waals surface area contributed by atoms with Crippen molar-refractivity contribution < 1.29 is 18.9 Å². The van der Waals surface area contributed by atoms with E-state index in [4.69, 9.17) is 18.9 Å². The average Bonchev–Trinajstić information content (AvgIpc) is 3.11. The van der Waals surface area contributed by atoms with Gasteiger partial charge in [0, 0.05) is 30.3 Å². The van der Waals surface area contributed by atoms with Crippen LogP contribution in [0.5, 0.6) is 5.75 Å². The van der Waals surface area contributed by atoms with Crippen molar-refractivity contribution in [3.8, 4) is 5.75 Å². The monoisotopic (exact) mass is 704 g/mol. The number of hydrogen-bond acceptors (Lipinski definition) is 4. The molecule has 4 nitrogen and oxygen atoms in total. The van der Waals surface area contributed by atoms with Crippen LogP contribution in [0, 0.1) is 12.3 Å². The van der Waals surface area contributed by atoms with Gasteiger partial charge in [0.1, 0.15) is 12.5 Å². The molecule has 2 atom stereocenters. The lowest BCUT2D eigenvalue weighted by Gasteiger charge is -2.42. The highest BCUT2D eigenvalue weighted by molar-refractivity contribution is 5.60. The summed E-state index contributed by atoms with van der Waals surface area (Å²) >= 11 is 0. The van der Waals surface area contributed by atoms with E-state index in [1.54, 1.807) is 0 Å². The van der Waals surface area contributed by atoms with Gasteiger partial charge in [-0.1, -0.05) is 133 Å². The topological polar surface area (TPSA) is 36.9 Å². The Morgan fingerprint density at radius 2 is 1.23 bits per heavy atom. The molecule has 0 fully saturated rings. The van der Waals surface area contributed by atoms with Crippen LogP contribution in [-0.2, 0) is 38.9 Å². The molecule has 52 heavy (non-hydrogen) atoms. The third-order valence-electron chi connectivity index (χ3n) is 10.4. The molecule has 1 aliphatic carbocycles. The van der Waals surface area contributed by atoms with Gasteiger partial charge in [0.2, 0.25) is 0 Å². The van der Waals surface area contributed by atoms with Crippen LogP contribution < -0.4 is 4.74 Å². The Balaban J connectivity index is 1.95. The Labute approximate surface area is 315 Å². The van der Waals surface area contributed by atoms with Crippen molar-refractivity contribution in [3.05, 3.63) is 135 Å². The largest absolute Gasteiger partial charge is 0.467 e. The quantitative estimate of drug-likeness (QED) is 0.104. The molecule has 4 heteroatoms. The van der Waals surface area contributed by atoms with Crippen LogP contribution in [-0.4, -0.2) is 32.9 Å². The Morgan fingerprint density at radius 3 is 1.73 bits per heavy atom. The van der Waals surface area contributed by atoms with E-state index >= 15 is 0 Å². The zero-order chi connectivity index (χ0) is 38.1. The summed E-state index contributed by atoms with van der Waals surface area (Å²) in [6.45, 7) is 31.8. The Kier molecular flexibility index (Phi) is 14.5. The summed E-state index contributed by atoms with van der Waals surface area (Å²) in [5.74, 6) is 0.837. The summed E-state index contributed by atoms with van der Waals surface area (Å²) < 4.78 is 25.4. The maximum absolute atomic E-state index is 6.86. The lowest BCUT2D eigenvalue weighted by Crippen LogP contribution is -2.36. The molecule has 0 amide bonds. The minimum atomic E-state index is -0.232. The summed E-state index contributed by atoms with van der Waals surface area (Å²) in [4.78, 5) is 0. The predicted molar refractivity (Wildman–Crippen MR) is 220 cm³/mol. The molecule has 3 aromatic rings. The van der Waals surface area contributed by atoms with Crippen molar-refractivity contribution in [1.29, 1.82) is 0 Å². The van der Waals surface area contributed by atoms with Gasteiger partial charge >= 0.3 is 0 Å². The van der Waals surface area contributed by atoms with Gasteiger partial charge in [-0.15, -0.1) is 0 Å². The summed E-state index contributed by atoms with van der Waals surface area (Å²) in [5.41, 5.74) is 13.5. The normalized spacial score (nSPS) is 16.5. The third-order valence-corrected chi connectivity index (χ3v) is 10.4. The summed E-state index contributed by atoms with van der Waals surface area (Å²) in [5, 5.41) is 0. The molecule has 0 saturated heterocycles. The molecule has 0 bridgehead atoms. The second-order valence-corrected chi connectivity index (χ2v) is 16.1. The molecular formula is C48H64O4. The number of benzene rings is 3. The molecule has 1 aliphatic rings. The molecule has 0 aromatic heterocycles. The molecule has 1 unspecified atom stereocenters. The van der Waals surface area contributed by atoms with E-state index in [-0.39, 0.29) is 36.4 Å². The highest BCUT2D eigenvalue weighted by Gasteiger charge is 2.41. The van der Waals surface area contributed by atoms with Crippen molar-refractivity contribution in [3.63, 3.8) is 0 Å². The Hall–Kier alpha value is -3.70. The van der Waals surface area contributed by atoms with Gasteiger partial charge in [0.15, 0.2) is 6.79 Å². The zero-order valence-electron chi connectivity index (χ0n) is 33.8. The number of rotatable bonds is 17. The number of ether oxygens (including phenoxy) is 4. The highest BCUT2D eigenvalue weighted by atomic mass is 16.7. The number of hydrogen-bond donors (Lipinski definition) is 0. The highest BCUT2D eigenvalue weighted by Crippen LogP contribution is 2.51. The molecule has 0 aliphatic heterocycles. The Morgan fingerprint density at radius 1 is 0.692 bits per heavy atom. The van der Waals surface area contributed by atoms with Gasteiger partial charge in [-0.05, 0) is 109 Å². The van der Waals surface area contributed by atoms with E-state index in [0.29, 0.717) is 13.2 Å². The fourth-order valence-electron chi connectivity index (χ4n) is 7.23. The predicted octanol–water partition coefficient (Wildman–Crippen LogP) is 12.1. The zero-order valence-corrected chi connectivity index (χ0v) is 33.8. The summed E-state index contributed by atoms with van der Waals surface area (Å²) in [7, 11) is 0. The summed E-state index contributed by atoms with van der Waals surface area (Å²) in [6, 6.07) is 19.9. The van der Waals surface area contributed by atoms with Gasteiger partial charge < -0.3 is 18.9 Å². The second kappa shape index (κ2) is 18.4. The van der Waals surface area contributed by atoms with Gasteiger partial charge in [-0.3, -0.25) is 0 Å². The first-order valence-corrected chi connectivity index (χ1v) is 19.1. The van der Waals surface area contributed by atoms with Crippen LogP contribution >= 0.6 is 0 Å². The van der Waals surface area contributed by atoms with Gasteiger partial charge in [-0.25, -0.2) is 0 Å². The molecule has 0 heterocycles. The molecule has 4 rings (SSSR count). The smallest absolute Gasteiger partial charge is 0.189 e. The van der Waals surface area contributed by atoms with Crippen molar-refractivity contribution >= 4 is 12.2 Å². The molecule has 0 N–H and O–H groups in total. The standard InChI is InChI=1S/C48H64O4/c1-13-35-17-21-37(22-18-35)25-27-39-29-41(47(7,8)9)45(51-31-49-15-3)43(33(39)5)44-34(6)40(28-26-38-23-19-36(14-2)20-24-38)30-42(48(10,11)12)46(44)52-32-50-16-4/h13-14,17-24,29-30,43,45H,1-2,15-16,25-28,31-32H2,3-12H3/t43?,45-/m0/s1. The van der Waals surface area contributed by atoms with Crippen LogP contribution in [0.3, 0.4) is 0 Å². The molecule has 0 radical (unpaired) electrons. The first-order chi connectivity index (χ1) is 24.7. The lowest BCUT2D eigenvalue weighted by atomic mass is 9.67. The third kappa shape index (κ3) is 10.2. The fraction of sp³-hybridized carbons (Fsp3) is 0.458. The number of allylic oxidation sites excluding steroid dienone is 2. The van der Waals surface area contributed by atoms with Crippen LogP contribution in [0.4, 0.5) is 0 Å². The first kappa shape index (κ1) is 41.1. The molecule has 280 valence electrons. The van der Waals surface area contributed by atoms with Crippen molar-refractivity contribution in [2.24, 2.45) is 5.41 Å². The minimum Gasteiger partial charge on any atom is -0.467 e.